The van der Waals surface area contributed by atoms with E-state index in [1.165, 1.54) is 11.8 Å². The lowest BCUT2D eigenvalue weighted by molar-refractivity contribution is 0.300. The number of hydrazine groups is 1. The summed E-state index contributed by atoms with van der Waals surface area (Å²) in [5.41, 5.74) is 2.47. The predicted molar refractivity (Wildman–Crippen MR) is 54.5 cm³/mol. The summed E-state index contributed by atoms with van der Waals surface area (Å²) in [6.45, 7) is 2.08. The van der Waals surface area contributed by atoms with Crippen molar-refractivity contribution in [2.45, 2.75) is 17.2 Å². The Morgan fingerprint density at radius 3 is 3.08 bits per heavy atom. The number of nitrogens with zero attached hydrogens (tertiary/aromatic N) is 1. The van der Waals surface area contributed by atoms with Crippen LogP contribution in [0.2, 0.25) is 0 Å². The monoisotopic (exact) mass is 199 g/mol. The number of aliphatic hydroxyl groups excluding tert-OH is 1. The highest BCUT2D eigenvalue weighted by Crippen LogP contribution is 2.21. The molecule has 0 aliphatic rings. The van der Waals surface area contributed by atoms with Crippen molar-refractivity contribution < 1.29 is 5.11 Å². The molecule has 72 valence electrons. The summed E-state index contributed by atoms with van der Waals surface area (Å²) in [5, 5.41) is 9.85. The van der Waals surface area contributed by atoms with Crippen molar-refractivity contribution in [2.24, 2.45) is 5.84 Å². The third-order valence-corrected chi connectivity index (χ3v) is 2.47. The number of aliphatic hydroxyl groups is 1. The lowest BCUT2D eigenvalue weighted by Crippen LogP contribution is -2.09. The maximum absolute atomic E-state index is 8.83. The summed E-state index contributed by atoms with van der Waals surface area (Å²) >= 11 is 1.52. The van der Waals surface area contributed by atoms with Gasteiger partial charge in [-0.25, -0.2) is 10.8 Å². The molecule has 0 bridgehead atoms. The van der Waals surface area contributed by atoms with Gasteiger partial charge >= 0.3 is 0 Å². The summed E-state index contributed by atoms with van der Waals surface area (Å²) < 4.78 is 0. The van der Waals surface area contributed by atoms with Crippen molar-refractivity contribution in [2.75, 3.05) is 12.0 Å². The van der Waals surface area contributed by atoms with Gasteiger partial charge in [-0.05, 0) is 12.1 Å². The molecule has 0 saturated carbocycles. The Morgan fingerprint density at radius 1 is 1.69 bits per heavy atom. The molecule has 0 fully saturated rings. The van der Waals surface area contributed by atoms with Gasteiger partial charge in [0.05, 0.1) is 11.6 Å². The maximum Gasteiger partial charge on any atom is 0.141 e. The second kappa shape index (κ2) is 5.06. The predicted octanol–water partition coefficient (Wildman–Crippen LogP) is 0.840. The molecule has 0 aromatic carbocycles. The molecule has 1 unspecified atom stereocenters. The Morgan fingerprint density at radius 2 is 2.46 bits per heavy atom. The molecule has 1 aromatic rings. The van der Waals surface area contributed by atoms with E-state index in [0.717, 1.165) is 5.03 Å². The summed E-state index contributed by atoms with van der Waals surface area (Å²) in [6.07, 6.45) is 0. The van der Waals surface area contributed by atoms with Gasteiger partial charge < -0.3 is 10.5 Å². The normalized spacial score (nSPS) is 12.5. The van der Waals surface area contributed by atoms with Gasteiger partial charge in [0.25, 0.3) is 0 Å². The van der Waals surface area contributed by atoms with Crippen molar-refractivity contribution in [3.05, 3.63) is 18.2 Å². The Bertz CT molecular complexity index is 269. The first-order chi connectivity index (χ1) is 6.26. The molecule has 0 aliphatic carbocycles. The fourth-order valence-electron chi connectivity index (χ4n) is 0.804. The lowest BCUT2D eigenvalue weighted by atomic mass is 10.5. The third kappa shape index (κ3) is 3.22. The van der Waals surface area contributed by atoms with Gasteiger partial charge in [-0.1, -0.05) is 13.0 Å². The average molecular weight is 199 g/mol. The largest absolute Gasteiger partial charge is 0.395 e. The fraction of sp³-hybridized carbons (Fsp3) is 0.375. The topological polar surface area (TPSA) is 71.2 Å². The van der Waals surface area contributed by atoms with Crippen LogP contribution in [0.15, 0.2) is 23.2 Å². The minimum Gasteiger partial charge on any atom is -0.395 e. The summed E-state index contributed by atoms with van der Waals surface area (Å²) in [6, 6.07) is 5.54. The number of hydrogen-bond donors (Lipinski definition) is 3. The number of thioether (sulfide) groups is 1. The summed E-state index contributed by atoms with van der Waals surface area (Å²) in [4.78, 5) is 4.19. The minimum atomic E-state index is 0.145. The van der Waals surface area contributed by atoms with Crippen LogP contribution in [0.25, 0.3) is 0 Å². The number of nitrogen functional groups attached to an aromatic ring is 1. The van der Waals surface area contributed by atoms with Crippen LogP contribution in [0.1, 0.15) is 6.92 Å². The van der Waals surface area contributed by atoms with Crippen LogP contribution in [0, 0.1) is 0 Å². The van der Waals surface area contributed by atoms with E-state index in [1.807, 2.05) is 19.1 Å². The number of pyridine rings is 1. The molecule has 13 heavy (non-hydrogen) atoms. The van der Waals surface area contributed by atoms with Crippen molar-refractivity contribution in [1.29, 1.82) is 0 Å². The molecule has 4 nitrogen and oxygen atoms in total. The van der Waals surface area contributed by atoms with Crippen LogP contribution in [-0.2, 0) is 0 Å². The number of hydrogen-bond acceptors (Lipinski definition) is 5. The van der Waals surface area contributed by atoms with Gasteiger partial charge in [-0.2, -0.15) is 0 Å². The van der Waals surface area contributed by atoms with E-state index < -0.39 is 0 Å². The molecular weight excluding hydrogens is 186 g/mol. The second-order valence-electron chi connectivity index (χ2n) is 2.62. The van der Waals surface area contributed by atoms with E-state index in [4.69, 9.17) is 10.9 Å². The number of aromatic nitrogens is 1. The molecule has 0 radical (unpaired) electrons. The highest BCUT2D eigenvalue weighted by Gasteiger charge is 2.03. The molecule has 1 aromatic heterocycles. The van der Waals surface area contributed by atoms with Gasteiger partial charge in [0.2, 0.25) is 0 Å². The Hall–Kier alpha value is -0.780. The Labute approximate surface area is 81.5 Å². The molecule has 5 heteroatoms. The van der Waals surface area contributed by atoms with Crippen molar-refractivity contribution >= 4 is 17.6 Å². The van der Waals surface area contributed by atoms with Crippen LogP contribution >= 0.6 is 11.8 Å². The number of nitrogens with two attached hydrogens (primary N) is 1. The zero-order chi connectivity index (χ0) is 9.68. The van der Waals surface area contributed by atoms with Crippen LogP contribution < -0.4 is 11.3 Å². The SMILES string of the molecule is CC(CO)Sc1cccc(NN)n1. The second-order valence-corrected chi connectivity index (χ2v) is 4.08. The van der Waals surface area contributed by atoms with Gasteiger partial charge in [0.1, 0.15) is 5.82 Å². The zero-order valence-corrected chi connectivity index (χ0v) is 8.21. The van der Waals surface area contributed by atoms with Crippen LogP contribution in [0.4, 0.5) is 5.82 Å². The first kappa shape index (κ1) is 10.3. The zero-order valence-electron chi connectivity index (χ0n) is 7.40. The van der Waals surface area contributed by atoms with Crippen LogP contribution in [0.3, 0.4) is 0 Å². The summed E-state index contributed by atoms with van der Waals surface area (Å²) in [7, 11) is 0. The highest BCUT2D eigenvalue weighted by atomic mass is 32.2. The van der Waals surface area contributed by atoms with Crippen molar-refractivity contribution in [3.63, 3.8) is 0 Å². The molecule has 4 N–H and O–H groups in total. The van der Waals surface area contributed by atoms with E-state index in [1.54, 1.807) is 6.07 Å². The first-order valence-electron chi connectivity index (χ1n) is 3.97. The number of nitrogens with one attached hydrogen (secondary N) is 1. The van der Waals surface area contributed by atoms with E-state index in [0.29, 0.717) is 5.82 Å². The molecule has 1 rings (SSSR count). The fourth-order valence-corrected chi connectivity index (χ4v) is 1.60. The molecular formula is C8H13N3OS. The first-order valence-corrected chi connectivity index (χ1v) is 4.85. The molecule has 0 saturated heterocycles. The maximum atomic E-state index is 8.83. The number of anilines is 1. The molecule has 1 heterocycles. The Kier molecular flexibility index (Phi) is 4.01. The molecule has 0 aliphatic heterocycles. The van der Waals surface area contributed by atoms with Gasteiger partial charge in [-0.3, -0.25) is 0 Å². The smallest absolute Gasteiger partial charge is 0.141 e. The minimum absolute atomic E-state index is 0.145. The van der Waals surface area contributed by atoms with E-state index >= 15 is 0 Å². The standard InChI is InChI=1S/C8H13N3OS/c1-6(5-12)13-8-4-2-3-7(10-8)11-9/h2-4,6,12H,5,9H2,1H3,(H,10,11). The quantitative estimate of drug-likeness (QED) is 0.381. The number of rotatable bonds is 4. The average Bonchev–Trinajstić information content (AvgIpc) is 2.18. The van der Waals surface area contributed by atoms with Gasteiger partial charge in [0.15, 0.2) is 0 Å². The van der Waals surface area contributed by atoms with Gasteiger partial charge in [0, 0.05) is 5.25 Å². The van der Waals surface area contributed by atoms with E-state index in [9.17, 15) is 0 Å². The third-order valence-electron chi connectivity index (χ3n) is 1.45. The van der Waals surface area contributed by atoms with Crippen LogP contribution in [-0.4, -0.2) is 21.9 Å². The molecule has 0 spiro atoms. The summed E-state index contributed by atoms with van der Waals surface area (Å²) in [5.74, 6) is 5.85. The van der Waals surface area contributed by atoms with Crippen molar-refractivity contribution in [3.8, 4) is 0 Å². The van der Waals surface area contributed by atoms with E-state index in [-0.39, 0.29) is 11.9 Å². The van der Waals surface area contributed by atoms with E-state index in [2.05, 4.69) is 10.4 Å². The van der Waals surface area contributed by atoms with Crippen LogP contribution in [0.5, 0.6) is 0 Å². The molecule has 1 atom stereocenters. The van der Waals surface area contributed by atoms with Crippen molar-refractivity contribution in [1.82, 2.24) is 4.98 Å². The molecule has 0 amide bonds. The Balaban J connectivity index is 2.66. The van der Waals surface area contributed by atoms with Gasteiger partial charge in [-0.15, -0.1) is 11.8 Å². The lowest BCUT2D eigenvalue weighted by Gasteiger charge is -2.07. The highest BCUT2D eigenvalue weighted by molar-refractivity contribution is 7.99.